The maximum atomic E-state index is 13.4. The highest BCUT2D eigenvalue weighted by Crippen LogP contribution is 2.31. The quantitative estimate of drug-likeness (QED) is 0.0315. The third kappa shape index (κ3) is 10.1. The van der Waals surface area contributed by atoms with Crippen molar-refractivity contribution in [2.45, 2.75) is 36.3 Å². The fourth-order valence-corrected chi connectivity index (χ4v) is 7.98. The smallest absolute Gasteiger partial charge is 0.415 e. The fraction of sp³-hybridized carbons (Fsp3) is 0.242. The summed E-state index contributed by atoms with van der Waals surface area (Å²) in [5.74, 6) is -0.806. The van der Waals surface area contributed by atoms with E-state index in [0.29, 0.717) is 0 Å². The predicted octanol–water partition coefficient (Wildman–Crippen LogP) is 6.70. The number of carbonyl (C=O) groups is 2. The molecule has 0 spiro atoms. The lowest BCUT2D eigenvalue weighted by Gasteiger charge is -2.20. The number of esters is 1. The average molecular weight is 774 g/mol. The molecule has 0 aliphatic heterocycles. The first-order chi connectivity index (χ1) is 24.3. The van der Waals surface area contributed by atoms with Crippen LogP contribution in [0.2, 0.25) is 0 Å². The van der Waals surface area contributed by atoms with Gasteiger partial charge < -0.3 is 28.9 Å². The molecule has 0 bridgehead atoms. The van der Waals surface area contributed by atoms with E-state index in [4.69, 9.17) is 35.9 Å². The number of nitrogens with one attached hydrogen (secondary N) is 1. The molecule has 2 aromatic heterocycles. The van der Waals surface area contributed by atoms with Gasteiger partial charge >= 0.3 is 23.0 Å². The summed E-state index contributed by atoms with van der Waals surface area (Å²) >= 11 is 5.22. The van der Waals surface area contributed by atoms with E-state index in [0.717, 1.165) is 14.3 Å². The molecule has 14 nitrogen and oxygen atoms in total. The summed E-state index contributed by atoms with van der Waals surface area (Å²) in [4.78, 5) is 26.4. The average Bonchev–Trinajstić information content (AvgIpc) is 3.69. The normalized spacial score (nSPS) is 11.5. The lowest BCUT2D eigenvalue weighted by molar-refractivity contribution is -0.832. The summed E-state index contributed by atoms with van der Waals surface area (Å²) in [6, 6.07) is 20.6. The van der Waals surface area contributed by atoms with Gasteiger partial charge in [0.25, 0.3) is 9.84 Å². The van der Waals surface area contributed by atoms with Gasteiger partial charge in [-0.2, -0.15) is 0 Å². The molecule has 1 N–H and O–H groups in total. The van der Waals surface area contributed by atoms with E-state index in [2.05, 4.69) is 15.1 Å². The number of benzene rings is 3. The molecule has 0 aliphatic rings. The lowest BCUT2D eigenvalue weighted by Crippen LogP contribution is -2.31. The van der Waals surface area contributed by atoms with E-state index < -0.39 is 38.4 Å². The van der Waals surface area contributed by atoms with Gasteiger partial charge in [-0.3, -0.25) is 9.95 Å². The Morgan fingerprint density at radius 1 is 0.941 bits per heavy atom. The highest BCUT2D eigenvalue weighted by atomic mass is 32.9. The number of sulfone groups is 1. The number of carbonyl (C=O) groups excluding carboxylic acids is 2. The molecule has 0 fully saturated rings. The van der Waals surface area contributed by atoms with Crippen molar-refractivity contribution in [3.63, 3.8) is 0 Å². The minimum Gasteiger partial charge on any atom is -0.490 e. The Morgan fingerprint density at radius 3 is 2.31 bits per heavy atom. The topological polar surface area (TPSA) is 179 Å². The van der Waals surface area contributed by atoms with E-state index in [-0.39, 0.29) is 59.0 Å². The molecule has 1 amide bonds. The maximum absolute atomic E-state index is 13.4. The van der Waals surface area contributed by atoms with Crippen molar-refractivity contribution in [2.24, 2.45) is 0 Å². The first-order valence-electron chi connectivity index (χ1n) is 15.1. The lowest BCUT2D eigenvalue weighted by atomic mass is 10.1. The zero-order valence-corrected chi connectivity index (χ0v) is 30.6. The van der Waals surface area contributed by atoms with E-state index in [1.807, 2.05) is 18.2 Å². The van der Waals surface area contributed by atoms with E-state index in [1.54, 1.807) is 49.3 Å². The van der Waals surface area contributed by atoms with Gasteiger partial charge in [0.05, 0.1) is 23.3 Å². The largest absolute Gasteiger partial charge is 0.490 e. The molecule has 0 saturated carbocycles. The fourth-order valence-electron chi connectivity index (χ4n) is 4.29. The van der Waals surface area contributed by atoms with Crippen molar-refractivity contribution in [3.05, 3.63) is 93.5 Å². The van der Waals surface area contributed by atoms with Crippen LogP contribution in [-0.4, -0.2) is 57.7 Å². The Balaban J connectivity index is 1.19. The van der Waals surface area contributed by atoms with Crippen molar-refractivity contribution < 1.29 is 51.2 Å². The second-order valence-electron chi connectivity index (χ2n) is 11.4. The minimum absolute atomic E-state index is 0.0153. The van der Waals surface area contributed by atoms with Gasteiger partial charge in [0, 0.05) is 10.6 Å². The molecule has 0 unspecified atom stereocenters. The number of rotatable bonds is 14. The Hall–Kier alpha value is -4.88. The molecule has 18 heteroatoms. The number of hydrogen-bond donors (Lipinski definition) is 1. The summed E-state index contributed by atoms with van der Waals surface area (Å²) in [5, 5.41) is 17.3. The van der Waals surface area contributed by atoms with Gasteiger partial charge in [-0.05, 0) is 91.9 Å². The standard InChI is InChI=1S/C33H31N3O11S4/c1-33(2,3)46-32(38)34-22-11-14-26(25(19-22)31(37)45-23-12-9-21(10-13-23)27-20-28(48)50-49-27)43-17-15-42-16-18-44-29-30(36(39)47-35-29)51(40,41)24-7-5-4-6-8-24/h4-14,19-20H,15-18H2,1-3H3,(H,34,38). The minimum atomic E-state index is -4.26. The van der Waals surface area contributed by atoms with Crippen LogP contribution in [0.5, 0.6) is 17.4 Å². The molecule has 3 aromatic carbocycles. The Labute approximate surface area is 304 Å². The molecule has 0 atom stereocenters. The Bertz CT molecular complexity index is 2140. The molecule has 268 valence electrons. The maximum Gasteiger partial charge on any atom is 0.415 e. The number of aromatic nitrogens is 2. The number of nitrogens with zero attached hydrogens (tertiary/aromatic N) is 2. The van der Waals surface area contributed by atoms with Crippen LogP contribution in [0, 0.1) is 9.03 Å². The molecule has 2 heterocycles. The number of hydrogen-bond acceptors (Lipinski definition) is 15. The summed E-state index contributed by atoms with van der Waals surface area (Å²) in [5.41, 5.74) is 0.485. The van der Waals surface area contributed by atoms with Crippen LogP contribution >= 0.6 is 32.9 Å². The molecular formula is C33H31N3O11S4. The van der Waals surface area contributed by atoms with Crippen molar-refractivity contribution in [1.29, 1.82) is 0 Å². The van der Waals surface area contributed by atoms with E-state index in [1.165, 1.54) is 52.8 Å². The zero-order valence-electron chi connectivity index (χ0n) is 27.4. The second-order valence-corrected chi connectivity index (χ2v) is 16.2. The van der Waals surface area contributed by atoms with Gasteiger partial charge in [-0.25, -0.2) is 18.0 Å². The Morgan fingerprint density at radius 2 is 1.65 bits per heavy atom. The number of anilines is 1. The highest BCUT2D eigenvalue weighted by Gasteiger charge is 2.35. The molecule has 51 heavy (non-hydrogen) atoms. The molecule has 5 rings (SSSR count). The van der Waals surface area contributed by atoms with E-state index >= 15 is 0 Å². The third-order valence-electron chi connectivity index (χ3n) is 6.46. The summed E-state index contributed by atoms with van der Waals surface area (Å²) < 4.78 is 58.7. The van der Waals surface area contributed by atoms with Crippen molar-refractivity contribution in [3.8, 4) is 27.8 Å². The van der Waals surface area contributed by atoms with Gasteiger partial charge in [0.2, 0.25) is 0 Å². The number of amides is 1. The van der Waals surface area contributed by atoms with Crippen LogP contribution in [0.25, 0.3) is 10.4 Å². The highest BCUT2D eigenvalue weighted by molar-refractivity contribution is 7.91. The summed E-state index contributed by atoms with van der Waals surface area (Å²) in [7, 11) is -1.21. The van der Waals surface area contributed by atoms with Gasteiger partial charge in [-0.15, -0.1) is 0 Å². The second kappa shape index (κ2) is 16.4. The van der Waals surface area contributed by atoms with Crippen LogP contribution in [0.3, 0.4) is 0 Å². The SMILES string of the molecule is CC(C)(C)OC(=O)Nc1ccc(OCCOCCOc2no[n+]([O-])c2S(=O)(=O)c2ccccc2)c(C(=O)Oc2ccc(-c3cc(=S)ss3)cc2)c1. The van der Waals surface area contributed by atoms with Gasteiger partial charge in [0.15, 0.2) is 0 Å². The van der Waals surface area contributed by atoms with Gasteiger partial charge in [0.1, 0.15) is 39.7 Å². The van der Waals surface area contributed by atoms with Crippen molar-refractivity contribution >= 4 is 60.5 Å². The molecule has 0 saturated heterocycles. The summed E-state index contributed by atoms with van der Waals surface area (Å²) in [6.07, 6.45) is -0.709. The van der Waals surface area contributed by atoms with Crippen molar-refractivity contribution in [1.82, 2.24) is 5.16 Å². The van der Waals surface area contributed by atoms with E-state index in [9.17, 15) is 23.2 Å². The van der Waals surface area contributed by atoms with Crippen LogP contribution in [-0.2, 0) is 19.3 Å². The third-order valence-corrected chi connectivity index (χ3v) is 11.1. The molecular weight excluding hydrogens is 743 g/mol. The van der Waals surface area contributed by atoms with Crippen molar-refractivity contribution in [2.75, 3.05) is 31.7 Å². The summed E-state index contributed by atoms with van der Waals surface area (Å²) in [6.45, 7) is 4.98. The van der Waals surface area contributed by atoms with Crippen LogP contribution < -0.4 is 24.4 Å². The monoisotopic (exact) mass is 773 g/mol. The molecule has 5 aromatic rings. The Kier molecular flexibility index (Phi) is 12.0. The molecule has 0 aliphatic carbocycles. The molecule has 0 radical (unpaired) electrons. The van der Waals surface area contributed by atoms with Crippen LogP contribution in [0.4, 0.5) is 10.5 Å². The first-order valence-corrected chi connectivity index (χ1v) is 19.1. The zero-order chi connectivity index (χ0) is 36.6. The number of ether oxygens (including phenoxy) is 5. The van der Waals surface area contributed by atoms with Crippen LogP contribution in [0.1, 0.15) is 31.1 Å². The van der Waals surface area contributed by atoms with Gasteiger partial charge in [-0.1, -0.05) is 51.1 Å². The first kappa shape index (κ1) is 37.4. The predicted molar refractivity (Wildman–Crippen MR) is 189 cm³/mol. The van der Waals surface area contributed by atoms with Crippen LogP contribution in [0.15, 0.2) is 93.4 Å².